The van der Waals surface area contributed by atoms with Crippen LogP contribution in [0, 0.1) is 11.8 Å². The van der Waals surface area contributed by atoms with Gasteiger partial charge in [0, 0.05) is 5.56 Å². The van der Waals surface area contributed by atoms with E-state index in [1.807, 2.05) is 6.07 Å². The van der Waals surface area contributed by atoms with Crippen LogP contribution in [0.2, 0.25) is 0 Å². The average Bonchev–Trinajstić information content (AvgIpc) is 2.54. The van der Waals surface area contributed by atoms with Crippen LogP contribution in [0.5, 0.6) is 5.75 Å². The lowest BCUT2D eigenvalue weighted by atomic mass is 9.73. The van der Waals surface area contributed by atoms with Crippen LogP contribution in [0.1, 0.15) is 31.1 Å². The van der Waals surface area contributed by atoms with Crippen molar-refractivity contribution in [2.75, 3.05) is 20.3 Å². The van der Waals surface area contributed by atoms with Crippen LogP contribution < -0.4 is 4.74 Å². The van der Waals surface area contributed by atoms with Gasteiger partial charge in [-0.25, -0.2) is 0 Å². The smallest absolute Gasteiger partial charge is 0.312 e. The van der Waals surface area contributed by atoms with Gasteiger partial charge in [0.1, 0.15) is 11.7 Å². The van der Waals surface area contributed by atoms with Crippen LogP contribution in [0.3, 0.4) is 0 Å². The van der Waals surface area contributed by atoms with Gasteiger partial charge in [0.2, 0.25) is 0 Å². The maximum Gasteiger partial charge on any atom is 0.312 e. The minimum atomic E-state index is -1.18. The molecule has 0 amide bonds. The third-order valence-electron chi connectivity index (χ3n) is 4.03. The third-order valence-corrected chi connectivity index (χ3v) is 4.03. The number of fused-ring (bicyclic) bond motifs is 1. The lowest BCUT2D eigenvalue weighted by molar-refractivity contribution is -0.166. The number of benzene rings is 1. The van der Waals surface area contributed by atoms with E-state index in [4.69, 9.17) is 14.2 Å². The Kier molecular flexibility index (Phi) is 5.60. The van der Waals surface area contributed by atoms with Crippen LogP contribution in [-0.4, -0.2) is 37.4 Å². The molecule has 1 aromatic rings. The Morgan fingerprint density at radius 2 is 1.83 bits per heavy atom. The van der Waals surface area contributed by atoms with Crippen molar-refractivity contribution in [2.24, 2.45) is 11.8 Å². The molecule has 126 valence electrons. The monoisotopic (exact) mass is 322 g/mol. The molecule has 1 aliphatic carbocycles. The molecule has 0 aromatic heterocycles. The van der Waals surface area contributed by atoms with Gasteiger partial charge in [0.25, 0.3) is 0 Å². The Labute approximate surface area is 135 Å². The Bertz CT molecular complexity index is 582. The van der Waals surface area contributed by atoms with E-state index in [1.54, 1.807) is 26.0 Å². The second kappa shape index (κ2) is 7.46. The second-order valence-corrected chi connectivity index (χ2v) is 5.32. The molecule has 2 rings (SSSR count). The molecular formula is C17H22O6. The van der Waals surface area contributed by atoms with Crippen molar-refractivity contribution in [1.29, 1.82) is 0 Å². The van der Waals surface area contributed by atoms with Gasteiger partial charge in [0.15, 0.2) is 0 Å². The van der Waals surface area contributed by atoms with Crippen LogP contribution in [0.4, 0.5) is 0 Å². The number of rotatable bonds is 5. The maximum atomic E-state index is 12.3. The highest BCUT2D eigenvalue weighted by molar-refractivity contribution is 5.84. The van der Waals surface area contributed by atoms with Gasteiger partial charge in [-0.2, -0.15) is 0 Å². The number of carbonyl (C=O) groups is 2. The average molecular weight is 322 g/mol. The molecule has 1 aliphatic rings. The van der Waals surface area contributed by atoms with Crippen molar-refractivity contribution in [2.45, 2.75) is 26.4 Å². The number of aliphatic hydroxyl groups excluding tert-OH is 1. The summed E-state index contributed by atoms with van der Waals surface area (Å²) in [4.78, 5) is 24.6. The first-order valence-electron chi connectivity index (χ1n) is 7.72. The minimum Gasteiger partial charge on any atom is -0.496 e. The van der Waals surface area contributed by atoms with Crippen LogP contribution in [0.25, 0.3) is 0 Å². The summed E-state index contributed by atoms with van der Waals surface area (Å²) in [5.41, 5.74) is 1.31. The van der Waals surface area contributed by atoms with Gasteiger partial charge in [0.05, 0.1) is 32.3 Å². The molecule has 0 fully saturated rings. The lowest BCUT2D eigenvalue weighted by Crippen LogP contribution is -2.41. The first-order valence-corrected chi connectivity index (χ1v) is 7.72. The van der Waals surface area contributed by atoms with Crippen LogP contribution in [0.15, 0.2) is 18.2 Å². The first-order chi connectivity index (χ1) is 11.0. The van der Waals surface area contributed by atoms with E-state index >= 15 is 0 Å². The zero-order valence-electron chi connectivity index (χ0n) is 13.6. The standard InChI is InChI=1S/C17H22O6/c1-4-22-16(19)11-9-10-7-6-8-12(21-3)13(10)15(18)14(11)17(20)23-5-2/h6-8,11,14-15,18H,4-5,9H2,1-3H3/t11-,14-,15+/m0/s1. The van der Waals surface area contributed by atoms with E-state index in [9.17, 15) is 14.7 Å². The maximum absolute atomic E-state index is 12.3. The summed E-state index contributed by atoms with van der Waals surface area (Å²) >= 11 is 0. The van der Waals surface area contributed by atoms with Crippen molar-refractivity contribution >= 4 is 11.9 Å². The first kappa shape index (κ1) is 17.3. The highest BCUT2D eigenvalue weighted by Crippen LogP contribution is 2.43. The molecule has 0 saturated carbocycles. The molecule has 23 heavy (non-hydrogen) atoms. The number of hydrogen-bond donors (Lipinski definition) is 1. The molecule has 0 radical (unpaired) electrons. The molecule has 6 nitrogen and oxygen atoms in total. The number of carbonyl (C=O) groups excluding carboxylic acids is 2. The minimum absolute atomic E-state index is 0.177. The lowest BCUT2D eigenvalue weighted by Gasteiger charge is -2.34. The molecule has 0 saturated heterocycles. The Morgan fingerprint density at radius 3 is 2.43 bits per heavy atom. The number of hydrogen-bond acceptors (Lipinski definition) is 6. The molecule has 0 heterocycles. The molecule has 0 aliphatic heterocycles. The van der Waals surface area contributed by atoms with Crippen molar-refractivity contribution in [1.82, 2.24) is 0 Å². The fourth-order valence-corrected chi connectivity index (χ4v) is 3.06. The SMILES string of the molecule is CCOC(=O)[C@H]1[C@@H](C(=O)OCC)Cc2cccc(OC)c2[C@H]1O. The van der Waals surface area contributed by atoms with Crippen molar-refractivity contribution in [3.8, 4) is 5.75 Å². The predicted octanol–water partition coefficient (Wildman–Crippen LogP) is 1.64. The van der Waals surface area contributed by atoms with Crippen LogP contribution >= 0.6 is 0 Å². The van der Waals surface area contributed by atoms with E-state index in [2.05, 4.69) is 0 Å². The topological polar surface area (TPSA) is 82.1 Å². The van der Waals surface area contributed by atoms with Crippen molar-refractivity contribution < 1.29 is 28.9 Å². The van der Waals surface area contributed by atoms with Gasteiger partial charge >= 0.3 is 11.9 Å². The van der Waals surface area contributed by atoms with Crippen molar-refractivity contribution in [3.05, 3.63) is 29.3 Å². The zero-order chi connectivity index (χ0) is 17.0. The zero-order valence-corrected chi connectivity index (χ0v) is 13.6. The highest BCUT2D eigenvalue weighted by Gasteiger charge is 2.46. The van der Waals surface area contributed by atoms with Gasteiger partial charge in [-0.3, -0.25) is 9.59 Å². The quantitative estimate of drug-likeness (QED) is 0.830. The summed E-state index contributed by atoms with van der Waals surface area (Å²) < 4.78 is 15.4. The summed E-state index contributed by atoms with van der Waals surface area (Å²) in [7, 11) is 1.50. The summed E-state index contributed by atoms with van der Waals surface area (Å²) in [5.74, 6) is -2.39. The summed E-state index contributed by atoms with van der Waals surface area (Å²) in [5, 5.41) is 10.7. The predicted molar refractivity (Wildman–Crippen MR) is 81.9 cm³/mol. The second-order valence-electron chi connectivity index (χ2n) is 5.32. The fraction of sp³-hybridized carbons (Fsp3) is 0.529. The summed E-state index contributed by atoms with van der Waals surface area (Å²) in [6.45, 7) is 3.77. The van der Waals surface area contributed by atoms with E-state index in [1.165, 1.54) is 7.11 Å². The number of ether oxygens (including phenoxy) is 3. The highest BCUT2D eigenvalue weighted by atomic mass is 16.5. The Balaban J connectivity index is 2.46. The van der Waals surface area contributed by atoms with Gasteiger partial charge in [-0.05, 0) is 31.9 Å². The summed E-state index contributed by atoms with van der Waals surface area (Å²) in [6, 6.07) is 5.32. The molecule has 0 bridgehead atoms. The normalized spacial score (nSPS) is 22.9. The molecule has 6 heteroatoms. The van der Waals surface area contributed by atoms with E-state index in [-0.39, 0.29) is 13.2 Å². The molecule has 1 N–H and O–H groups in total. The van der Waals surface area contributed by atoms with E-state index in [0.29, 0.717) is 17.7 Å². The molecule has 0 spiro atoms. The van der Waals surface area contributed by atoms with E-state index in [0.717, 1.165) is 5.56 Å². The van der Waals surface area contributed by atoms with Gasteiger partial charge < -0.3 is 19.3 Å². The molecular weight excluding hydrogens is 300 g/mol. The van der Waals surface area contributed by atoms with E-state index < -0.39 is 29.9 Å². The molecule has 3 atom stereocenters. The third kappa shape index (κ3) is 3.32. The largest absolute Gasteiger partial charge is 0.496 e. The van der Waals surface area contributed by atoms with Gasteiger partial charge in [-0.1, -0.05) is 12.1 Å². The Hall–Kier alpha value is -2.08. The van der Waals surface area contributed by atoms with Crippen molar-refractivity contribution in [3.63, 3.8) is 0 Å². The number of aliphatic hydroxyl groups is 1. The molecule has 1 aromatic carbocycles. The van der Waals surface area contributed by atoms with Gasteiger partial charge in [-0.15, -0.1) is 0 Å². The van der Waals surface area contributed by atoms with Crippen LogP contribution in [-0.2, 0) is 25.5 Å². The summed E-state index contributed by atoms with van der Waals surface area (Å²) in [6.07, 6.45) is -0.880. The Morgan fingerprint density at radius 1 is 1.17 bits per heavy atom. The fourth-order valence-electron chi connectivity index (χ4n) is 3.06. The molecule has 0 unspecified atom stereocenters. The number of esters is 2. The number of methoxy groups -OCH3 is 1.